The molecular formula is C10H16N4O2S. The number of rotatable bonds is 5. The van der Waals surface area contributed by atoms with E-state index in [0.717, 1.165) is 5.82 Å². The number of aryl methyl sites for hydroxylation is 1. The van der Waals surface area contributed by atoms with Crippen molar-refractivity contribution >= 4 is 24.4 Å². The fraction of sp³-hybridized carbons (Fsp3) is 0.500. The Morgan fingerprint density at radius 1 is 1.59 bits per heavy atom. The third-order valence-corrected chi connectivity index (χ3v) is 2.58. The summed E-state index contributed by atoms with van der Waals surface area (Å²) in [4.78, 5) is 26.6. The van der Waals surface area contributed by atoms with Crippen molar-refractivity contribution in [2.45, 2.75) is 19.5 Å². The minimum Gasteiger partial charge on any atom is -0.347 e. The number of imidazole rings is 1. The average molecular weight is 256 g/mol. The van der Waals surface area contributed by atoms with E-state index in [1.165, 1.54) is 6.92 Å². The predicted molar refractivity (Wildman–Crippen MR) is 66.5 cm³/mol. The lowest BCUT2D eigenvalue weighted by atomic mass is 10.3. The van der Waals surface area contributed by atoms with Gasteiger partial charge in [-0.3, -0.25) is 9.59 Å². The minimum absolute atomic E-state index is 0.254. The number of carbonyl (C=O) groups excluding carboxylic acids is 2. The highest BCUT2D eigenvalue weighted by Crippen LogP contribution is 1.95. The number of carbonyl (C=O) groups is 2. The molecular weight excluding hydrogens is 240 g/mol. The summed E-state index contributed by atoms with van der Waals surface area (Å²) in [6.45, 7) is 1.69. The van der Waals surface area contributed by atoms with Crippen molar-refractivity contribution in [1.29, 1.82) is 0 Å². The van der Waals surface area contributed by atoms with Gasteiger partial charge in [0.25, 0.3) is 0 Å². The van der Waals surface area contributed by atoms with Gasteiger partial charge in [-0.15, -0.1) is 0 Å². The smallest absolute Gasteiger partial charge is 0.243 e. The van der Waals surface area contributed by atoms with Crippen molar-refractivity contribution in [3.63, 3.8) is 0 Å². The molecule has 0 fully saturated rings. The maximum atomic E-state index is 11.7. The molecule has 2 N–H and O–H groups in total. The Morgan fingerprint density at radius 2 is 2.29 bits per heavy atom. The second kappa shape index (κ2) is 6.29. The van der Waals surface area contributed by atoms with Gasteiger partial charge in [-0.05, 0) is 0 Å². The molecule has 0 bridgehead atoms. The summed E-state index contributed by atoms with van der Waals surface area (Å²) in [6, 6.07) is -0.615. The SMILES string of the molecule is CC(=O)NC(CS)C(=O)NCc1nccn1C. The van der Waals surface area contributed by atoms with Crippen LogP contribution in [0.4, 0.5) is 0 Å². The molecule has 0 saturated carbocycles. The van der Waals surface area contributed by atoms with Crippen molar-refractivity contribution in [2.75, 3.05) is 5.75 Å². The monoisotopic (exact) mass is 256 g/mol. The highest BCUT2D eigenvalue weighted by atomic mass is 32.1. The van der Waals surface area contributed by atoms with Gasteiger partial charge < -0.3 is 15.2 Å². The molecule has 94 valence electrons. The molecule has 0 radical (unpaired) electrons. The molecule has 0 spiro atoms. The van der Waals surface area contributed by atoms with Gasteiger partial charge in [0.1, 0.15) is 11.9 Å². The van der Waals surface area contributed by atoms with E-state index in [4.69, 9.17) is 0 Å². The number of hydrogen-bond acceptors (Lipinski definition) is 4. The highest BCUT2D eigenvalue weighted by molar-refractivity contribution is 7.80. The van der Waals surface area contributed by atoms with Crippen LogP contribution in [0.25, 0.3) is 0 Å². The molecule has 0 saturated heterocycles. The molecule has 1 aromatic heterocycles. The fourth-order valence-corrected chi connectivity index (χ4v) is 1.55. The molecule has 1 atom stereocenters. The Labute approximate surface area is 105 Å². The van der Waals surface area contributed by atoms with Crippen LogP contribution in [0.3, 0.4) is 0 Å². The molecule has 1 rings (SSSR count). The van der Waals surface area contributed by atoms with Crippen molar-refractivity contribution in [3.8, 4) is 0 Å². The first kappa shape index (κ1) is 13.6. The zero-order valence-electron chi connectivity index (χ0n) is 9.80. The van der Waals surface area contributed by atoms with Crippen LogP contribution in [-0.2, 0) is 23.2 Å². The molecule has 1 heterocycles. The summed E-state index contributed by atoms with van der Waals surface area (Å²) in [5.41, 5.74) is 0. The molecule has 1 unspecified atom stereocenters. The average Bonchev–Trinajstić information content (AvgIpc) is 2.68. The second-order valence-corrected chi connectivity index (χ2v) is 3.97. The number of nitrogens with one attached hydrogen (secondary N) is 2. The maximum absolute atomic E-state index is 11.7. The standard InChI is InChI=1S/C10H16N4O2S/c1-7(15)13-8(6-17)10(16)12-5-9-11-3-4-14(9)2/h3-4,8,17H,5-6H2,1-2H3,(H,12,16)(H,13,15). The van der Waals surface area contributed by atoms with Crippen molar-refractivity contribution in [3.05, 3.63) is 18.2 Å². The zero-order valence-corrected chi connectivity index (χ0v) is 10.7. The molecule has 1 aromatic rings. The van der Waals surface area contributed by atoms with Crippen LogP contribution in [0.2, 0.25) is 0 Å². The van der Waals surface area contributed by atoms with Crippen LogP contribution in [0.5, 0.6) is 0 Å². The van der Waals surface area contributed by atoms with E-state index >= 15 is 0 Å². The number of nitrogens with zero attached hydrogens (tertiary/aromatic N) is 2. The fourth-order valence-electron chi connectivity index (χ4n) is 1.30. The first-order valence-electron chi connectivity index (χ1n) is 5.16. The maximum Gasteiger partial charge on any atom is 0.243 e. The van der Waals surface area contributed by atoms with E-state index in [1.807, 2.05) is 11.6 Å². The van der Waals surface area contributed by atoms with Crippen LogP contribution >= 0.6 is 12.6 Å². The van der Waals surface area contributed by atoms with E-state index < -0.39 is 6.04 Å². The molecule has 0 aliphatic carbocycles. The molecule has 0 aromatic carbocycles. The van der Waals surface area contributed by atoms with Gasteiger partial charge in [-0.25, -0.2) is 4.98 Å². The highest BCUT2D eigenvalue weighted by Gasteiger charge is 2.17. The Hall–Kier alpha value is -1.50. The van der Waals surface area contributed by atoms with Gasteiger partial charge in [0, 0.05) is 32.1 Å². The van der Waals surface area contributed by atoms with E-state index in [-0.39, 0.29) is 17.6 Å². The van der Waals surface area contributed by atoms with Crippen molar-refractivity contribution < 1.29 is 9.59 Å². The van der Waals surface area contributed by atoms with Crippen LogP contribution < -0.4 is 10.6 Å². The molecule has 2 amide bonds. The second-order valence-electron chi connectivity index (χ2n) is 3.61. The topological polar surface area (TPSA) is 76.0 Å². The van der Waals surface area contributed by atoms with E-state index in [2.05, 4.69) is 28.2 Å². The number of thiol groups is 1. The van der Waals surface area contributed by atoms with Crippen molar-refractivity contribution in [1.82, 2.24) is 20.2 Å². The summed E-state index contributed by atoms with van der Waals surface area (Å²) >= 11 is 4.02. The largest absolute Gasteiger partial charge is 0.347 e. The van der Waals surface area contributed by atoms with Gasteiger partial charge in [0.05, 0.1) is 6.54 Å². The quantitative estimate of drug-likeness (QED) is 0.620. The number of amides is 2. The van der Waals surface area contributed by atoms with Gasteiger partial charge >= 0.3 is 0 Å². The molecule has 0 aliphatic rings. The van der Waals surface area contributed by atoms with Crippen molar-refractivity contribution in [2.24, 2.45) is 7.05 Å². The molecule has 7 heteroatoms. The zero-order chi connectivity index (χ0) is 12.8. The first-order valence-corrected chi connectivity index (χ1v) is 5.79. The number of hydrogen-bond donors (Lipinski definition) is 3. The summed E-state index contributed by atoms with van der Waals surface area (Å²) in [5, 5.41) is 5.22. The molecule has 0 aliphatic heterocycles. The predicted octanol–water partition coefficient (Wildman–Crippen LogP) is -0.529. The van der Waals surface area contributed by atoms with E-state index in [0.29, 0.717) is 6.54 Å². The lowest BCUT2D eigenvalue weighted by molar-refractivity contribution is -0.127. The normalized spacial score (nSPS) is 11.9. The Kier molecular flexibility index (Phi) is 5.02. The third-order valence-electron chi connectivity index (χ3n) is 2.22. The van der Waals surface area contributed by atoms with E-state index in [1.54, 1.807) is 12.4 Å². The van der Waals surface area contributed by atoms with Gasteiger partial charge in [-0.1, -0.05) is 0 Å². The molecule has 6 nitrogen and oxygen atoms in total. The minimum atomic E-state index is -0.615. The summed E-state index contributed by atoms with van der Waals surface area (Å²) in [6.07, 6.45) is 3.46. The summed E-state index contributed by atoms with van der Waals surface area (Å²) < 4.78 is 1.81. The lowest BCUT2D eigenvalue weighted by Crippen LogP contribution is -2.47. The summed E-state index contributed by atoms with van der Waals surface area (Å²) in [5.74, 6) is 0.486. The Bertz CT molecular complexity index is 405. The van der Waals surface area contributed by atoms with Crippen LogP contribution in [-0.4, -0.2) is 33.2 Å². The van der Waals surface area contributed by atoms with Crippen LogP contribution in [0.15, 0.2) is 12.4 Å². The molecule has 17 heavy (non-hydrogen) atoms. The van der Waals surface area contributed by atoms with Crippen LogP contribution in [0, 0.1) is 0 Å². The first-order chi connectivity index (χ1) is 8.04. The van der Waals surface area contributed by atoms with Gasteiger partial charge in [-0.2, -0.15) is 12.6 Å². The van der Waals surface area contributed by atoms with E-state index in [9.17, 15) is 9.59 Å². The van der Waals surface area contributed by atoms with Gasteiger partial charge in [0.2, 0.25) is 11.8 Å². The number of aromatic nitrogens is 2. The Morgan fingerprint density at radius 3 is 2.76 bits per heavy atom. The van der Waals surface area contributed by atoms with Crippen LogP contribution in [0.1, 0.15) is 12.7 Å². The summed E-state index contributed by atoms with van der Waals surface area (Å²) in [7, 11) is 1.85. The third kappa shape index (κ3) is 4.10. The lowest BCUT2D eigenvalue weighted by Gasteiger charge is -2.15. The Balaban J connectivity index is 2.48. The van der Waals surface area contributed by atoms with Gasteiger partial charge in [0.15, 0.2) is 0 Å².